The molecule has 0 saturated carbocycles. The van der Waals surface area contributed by atoms with E-state index in [0.29, 0.717) is 0 Å². The maximum atomic E-state index is 11.9. The summed E-state index contributed by atoms with van der Waals surface area (Å²) in [5.74, 6) is -0.306. The summed E-state index contributed by atoms with van der Waals surface area (Å²) in [6.07, 6.45) is 4.86. The molecule has 0 aromatic carbocycles. The predicted octanol–water partition coefficient (Wildman–Crippen LogP) is 0.611. The summed E-state index contributed by atoms with van der Waals surface area (Å²) in [4.78, 5) is 17.9. The lowest BCUT2D eigenvalue weighted by Gasteiger charge is -2.30. The van der Waals surface area contributed by atoms with Crippen molar-refractivity contribution in [3.63, 3.8) is 0 Å². The topological polar surface area (TPSA) is 65.5 Å². The van der Waals surface area contributed by atoms with Gasteiger partial charge in [-0.25, -0.2) is 0 Å². The number of carbonyl (C=O) groups excluding carboxylic acids is 1. The molecule has 2 rings (SSSR count). The Morgan fingerprint density at radius 3 is 3.18 bits per heavy atom. The van der Waals surface area contributed by atoms with Crippen molar-refractivity contribution in [3.8, 4) is 5.75 Å². The first-order chi connectivity index (χ1) is 8.16. The number of carbonyl (C=O) groups is 1. The molecule has 1 amide bonds. The van der Waals surface area contributed by atoms with Gasteiger partial charge in [0.1, 0.15) is 5.75 Å². The van der Waals surface area contributed by atoms with Gasteiger partial charge in [-0.15, -0.1) is 0 Å². The van der Waals surface area contributed by atoms with E-state index in [2.05, 4.69) is 15.2 Å². The first-order valence-corrected chi connectivity index (χ1v) is 5.79. The van der Waals surface area contributed by atoms with Crippen LogP contribution < -0.4 is 5.32 Å². The Bertz CT molecular complexity index is 408. The van der Waals surface area contributed by atoms with Crippen molar-refractivity contribution in [3.05, 3.63) is 24.0 Å². The molecule has 0 aliphatic carbocycles. The molecule has 1 aliphatic rings. The van der Waals surface area contributed by atoms with Crippen LogP contribution in [-0.4, -0.2) is 47.1 Å². The van der Waals surface area contributed by atoms with Crippen LogP contribution in [0.4, 0.5) is 0 Å². The third kappa shape index (κ3) is 2.94. The lowest BCUT2D eigenvalue weighted by Crippen LogP contribution is -2.46. The highest BCUT2D eigenvalue weighted by Gasteiger charge is 2.20. The molecule has 1 unspecified atom stereocenters. The number of hydrogen-bond acceptors (Lipinski definition) is 4. The molecule has 0 bridgehead atoms. The van der Waals surface area contributed by atoms with Crippen molar-refractivity contribution in [1.82, 2.24) is 15.2 Å². The molecule has 1 aromatic rings. The molecule has 17 heavy (non-hydrogen) atoms. The highest BCUT2D eigenvalue weighted by atomic mass is 16.3. The SMILES string of the molecule is CN1CCCC(NC(=O)c2ccncc2O)C1. The van der Waals surface area contributed by atoms with E-state index in [1.807, 2.05) is 7.05 Å². The second-order valence-corrected chi connectivity index (χ2v) is 4.47. The number of aromatic hydroxyl groups is 1. The van der Waals surface area contributed by atoms with Crippen LogP contribution in [0.5, 0.6) is 5.75 Å². The molecule has 0 spiro atoms. The summed E-state index contributed by atoms with van der Waals surface area (Å²) in [5, 5.41) is 12.5. The number of aromatic nitrogens is 1. The van der Waals surface area contributed by atoms with Gasteiger partial charge in [-0.2, -0.15) is 0 Å². The summed E-state index contributed by atoms with van der Waals surface area (Å²) in [6, 6.07) is 1.69. The summed E-state index contributed by atoms with van der Waals surface area (Å²) >= 11 is 0. The van der Waals surface area contributed by atoms with Gasteiger partial charge in [-0.3, -0.25) is 9.78 Å². The van der Waals surface area contributed by atoms with Crippen LogP contribution >= 0.6 is 0 Å². The fraction of sp³-hybridized carbons (Fsp3) is 0.500. The molecule has 1 saturated heterocycles. The normalized spacial score (nSPS) is 21.1. The molecule has 1 aliphatic heterocycles. The van der Waals surface area contributed by atoms with Crippen molar-refractivity contribution >= 4 is 5.91 Å². The molecule has 1 atom stereocenters. The molecule has 1 fully saturated rings. The van der Waals surface area contributed by atoms with Gasteiger partial charge in [-0.1, -0.05) is 0 Å². The number of likely N-dealkylation sites (tertiary alicyclic amines) is 1. The van der Waals surface area contributed by atoms with Crippen molar-refractivity contribution < 1.29 is 9.90 Å². The summed E-state index contributed by atoms with van der Waals surface area (Å²) < 4.78 is 0. The Kier molecular flexibility index (Phi) is 3.58. The van der Waals surface area contributed by atoms with Gasteiger partial charge in [0.25, 0.3) is 5.91 Å². The number of pyridine rings is 1. The molecule has 92 valence electrons. The van der Waals surface area contributed by atoms with Crippen LogP contribution in [0.15, 0.2) is 18.5 Å². The summed E-state index contributed by atoms with van der Waals surface area (Å²) in [5.41, 5.74) is 0.285. The minimum atomic E-state index is -0.231. The summed E-state index contributed by atoms with van der Waals surface area (Å²) in [7, 11) is 2.04. The van der Waals surface area contributed by atoms with E-state index in [9.17, 15) is 9.90 Å². The van der Waals surface area contributed by atoms with Crippen LogP contribution in [0.25, 0.3) is 0 Å². The van der Waals surface area contributed by atoms with Gasteiger partial charge < -0.3 is 15.3 Å². The standard InChI is InChI=1S/C12H17N3O2/c1-15-6-2-3-9(8-15)14-12(17)10-4-5-13-7-11(10)16/h4-5,7,9,16H,2-3,6,8H2,1H3,(H,14,17). The monoisotopic (exact) mass is 235 g/mol. The highest BCUT2D eigenvalue weighted by molar-refractivity contribution is 5.96. The molecule has 2 N–H and O–H groups in total. The maximum Gasteiger partial charge on any atom is 0.255 e. The third-order valence-corrected chi connectivity index (χ3v) is 3.00. The molecule has 1 aromatic heterocycles. The van der Waals surface area contributed by atoms with Gasteiger partial charge in [0.2, 0.25) is 0 Å². The smallest absolute Gasteiger partial charge is 0.255 e. The maximum absolute atomic E-state index is 11.9. The summed E-state index contributed by atoms with van der Waals surface area (Å²) in [6.45, 7) is 1.93. The van der Waals surface area contributed by atoms with Gasteiger partial charge in [-0.05, 0) is 32.5 Å². The minimum Gasteiger partial charge on any atom is -0.505 e. The first kappa shape index (κ1) is 11.9. The number of likely N-dealkylation sites (N-methyl/N-ethyl adjacent to an activating group) is 1. The van der Waals surface area contributed by atoms with E-state index in [1.165, 1.54) is 18.5 Å². The van der Waals surface area contributed by atoms with E-state index in [-0.39, 0.29) is 23.3 Å². The molecule has 5 heteroatoms. The van der Waals surface area contributed by atoms with Crippen molar-refractivity contribution in [2.75, 3.05) is 20.1 Å². The van der Waals surface area contributed by atoms with E-state index >= 15 is 0 Å². The average molecular weight is 235 g/mol. The van der Waals surface area contributed by atoms with E-state index in [0.717, 1.165) is 25.9 Å². The van der Waals surface area contributed by atoms with Crippen LogP contribution in [0.1, 0.15) is 23.2 Å². The van der Waals surface area contributed by atoms with Crippen molar-refractivity contribution in [1.29, 1.82) is 0 Å². The van der Waals surface area contributed by atoms with Crippen LogP contribution in [0.2, 0.25) is 0 Å². The van der Waals surface area contributed by atoms with E-state index < -0.39 is 0 Å². The second-order valence-electron chi connectivity index (χ2n) is 4.47. The van der Waals surface area contributed by atoms with Gasteiger partial charge in [0.15, 0.2) is 0 Å². The number of amides is 1. The van der Waals surface area contributed by atoms with Crippen LogP contribution in [-0.2, 0) is 0 Å². The molecular formula is C12H17N3O2. The Hall–Kier alpha value is -1.62. The predicted molar refractivity (Wildman–Crippen MR) is 63.9 cm³/mol. The fourth-order valence-corrected chi connectivity index (χ4v) is 2.13. The second kappa shape index (κ2) is 5.14. The zero-order valence-electron chi connectivity index (χ0n) is 9.89. The van der Waals surface area contributed by atoms with Gasteiger partial charge >= 0.3 is 0 Å². The lowest BCUT2D eigenvalue weighted by atomic mass is 10.1. The molecule has 0 radical (unpaired) electrons. The van der Waals surface area contributed by atoms with Crippen LogP contribution in [0.3, 0.4) is 0 Å². The average Bonchev–Trinajstić information content (AvgIpc) is 2.29. The number of hydrogen-bond donors (Lipinski definition) is 2. The molecule has 2 heterocycles. The van der Waals surface area contributed by atoms with Crippen LogP contribution in [0, 0.1) is 0 Å². The lowest BCUT2D eigenvalue weighted by molar-refractivity contribution is 0.0909. The Balaban J connectivity index is 1.99. The molecular weight excluding hydrogens is 218 g/mol. The Morgan fingerprint density at radius 2 is 2.47 bits per heavy atom. The Labute approximate surface area is 100 Å². The fourth-order valence-electron chi connectivity index (χ4n) is 2.13. The zero-order valence-corrected chi connectivity index (χ0v) is 9.89. The van der Waals surface area contributed by atoms with E-state index in [1.54, 1.807) is 0 Å². The van der Waals surface area contributed by atoms with Gasteiger partial charge in [0, 0.05) is 18.8 Å². The quantitative estimate of drug-likeness (QED) is 0.788. The number of nitrogens with zero attached hydrogens (tertiary/aromatic N) is 2. The largest absolute Gasteiger partial charge is 0.505 e. The molecule has 5 nitrogen and oxygen atoms in total. The Morgan fingerprint density at radius 1 is 1.65 bits per heavy atom. The van der Waals surface area contributed by atoms with Gasteiger partial charge in [0.05, 0.1) is 11.8 Å². The van der Waals surface area contributed by atoms with Crippen molar-refractivity contribution in [2.24, 2.45) is 0 Å². The highest BCUT2D eigenvalue weighted by Crippen LogP contribution is 2.15. The number of nitrogens with one attached hydrogen (secondary N) is 1. The number of piperidine rings is 1. The zero-order chi connectivity index (χ0) is 12.3. The minimum absolute atomic E-state index is 0.0748. The van der Waals surface area contributed by atoms with Crippen molar-refractivity contribution in [2.45, 2.75) is 18.9 Å². The number of rotatable bonds is 2. The third-order valence-electron chi connectivity index (χ3n) is 3.00. The van der Waals surface area contributed by atoms with E-state index in [4.69, 9.17) is 0 Å². The first-order valence-electron chi connectivity index (χ1n) is 5.79.